The van der Waals surface area contributed by atoms with Crippen molar-refractivity contribution in [1.29, 1.82) is 0 Å². The molecule has 0 fully saturated rings. The van der Waals surface area contributed by atoms with Gasteiger partial charge in [0.15, 0.2) is 0 Å². The van der Waals surface area contributed by atoms with Crippen molar-refractivity contribution < 1.29 is 0 Å². The van der Waals surface area contributed by atoms with E-state index in [0.717, 1.165) is 23.3 Å². The summed E-state index contributed by atoms with van der Waals surface area (Å²) in [5.74, 6) is 1.65. The van der Waals surface area contributed by atoms with Gasteiger partial charge in [0.2, 0.25) is 0 Å². The van der Waals surface area contributed by atoms with E-state index in [1.54, 1.807) is 0 Å². The molecule has 2 rings (SSSR count). The lowest BCUT2D eigenvalue weighted by Crippen LogP contribution is -1.85. The number of H-pyrrole nitrogens is 1. The number of nitrogens with one attached hydrogen (secondary N) is 1. The van der Waals surface area contributed by atoms with Gasteiger partial charge in [-0.1, -0.05) is 26.8 Å². The van der Waals surface area contributed by atoms with Gasteiger partial charge in [-0.15, -0.1) is 0 Å². The first-order chi connectivity index (χ1) is 6.70. The molecule has 2 aromatic rings. The summed E-state index contributed by atoms with van der Waals surface area (Å²) in [5, 5.41) is 0. The Morgan fingerprint density at radius 1 is 1.36 bits per heavy atom. The Hall–Kier alpha value is -1.31. The van der Waals surface area contributed by atoms with Crippen molar-refractivity contribution in [2.45, 2.75) is 33.1 Å². The fourth-order valence-corrected chi connectivity index (χ4v) is 1.61. The van der Waals surface area contributed by atoms with Crippen LogP contribution < -0.4 is 0 Å². The third-order valence-corrected chi connectivity index (χ3v) is 2.56. The van der Waals surface area contributed by atoms with E-state index in [1.807, 2.05) is 0 Å². The summed E-state index contributed by atoms with van der Waals surface area (Å²) >= 11 is 0. The molecule has 1 N–H and O–H groups in total. The van der Waals surface area contributed by atoms with Gasteiger partial charge in [-0.05, 0) is 23.6 Å². The number of aromatic nitrogens is 2. The van der Waals surface area contributed by atoms with Crippen LogP contribution in [0.1, 0.15) is 38.1 Å². The lowest BCUT2D eigenvalue weighted by atomic mass is 10.0. The number of rotatable bonds is 2. The van der Waals surface area contributed by atoms with Gasteiger partial charge in [0.1, 0.15) is 5.82 Å². The number of benzene rings is 1. The molecule has 2 nitrogen and oxygen atoms in total. The normalized spacial score (nSPS) is 11.4. The molecular weight excluding hydrogens is 172 g/mol. The van der Waals surface area contributed by atoms with Crippen LogP contribution in [0.15, 0.2) is 18.2 Å². The number of aromatic amines is 1. The second-order valence-corrected chi connectivity index (χ2v) is 3.97. The zero-order valence-corrected chi connectivity index (χ0v) is 8.96. The Morgan fingerprint density at radius 2 is 2.14 bits per heavy atom. The Morgan fingerprint density at radius 3 is 2.79 bits per heavy atom. The number of nitrogens with zero attached hydrogens (tertiary/aromatic N) is 1. The van der Waals surface area contributed by atoms with Gasteiger partial charge in [-0.25, -0.2) is 4.98 Å². The Balaban J connectivity index is 2.54. The van der Waals surface area contributed by atoms with Crippen molar-refractivity contribution in [2.24, 2.45) is 0 Å². The van der Waals surface area contributed by atoms with E-state index in [2.05, 4.69) is 48.9 Å². The zero-order valence-electron chi connectivity index (χ0n) is 8.96. The summed E-state index contributed by atoms with van der Waals surface area (Å²) in [5.41, 5.74) is 3.60. The summed E-state index contributed by atoms with van der Waals surface area (Å²) in [4.78, 5) is 7.81. The maximum absolute atomic E-state index is 4.48. The summed E-state index contributed by atoms with van der Waals surface area (Å²) in [6.45, 7) is 6.53. The minimum atomic E-state index is 0.577. The third-order valence-electron chi connectivity index (χ3n) is 2.56. The zero-order chi connectivity index (χ0) is 10.1. The first kappa shape index (κ1) is 9.25. The van der Waals surface area contributed by atoms with Crippen LogP contribution in [-0.2, 0) is 6.42 Å². The molecule has 14 heavy (non-hydrogen) atoms. The van der Waals surface area contributed by atoms with Crippen molar-refractivity contribution in [3.8, 4) is 0 Å². The van der Waals surface area contributed by atoms with E-state index in [-0.39, 0.29) is 0 Å². The van der Waals surface area contributed by atoms with Crippen LogP contribution in [0.3, 0.4) is 0 Å². The fraction of sp³-hybridized carbons (Fsp3) is 0.417. The predicted molar refractivity (Wildman–Crippen MR) is 59.6 cm³/mol. The van der Waals surface area contributed by atoms with Crippen LogP contribution in [0.5, 0.6) is 0 Å². The maximum atomic E-state index is 4.48. The van der Waals surface area contributed by atoms with Gasteiger partial charge >= 0.3 is 0 Å². The van der Waals surface area contributed by atoms with E-state index in [0.29, 0.717) is 5.92 Å². The molecule has 74 valence electrons. The van der Waals surface area contributed by atoms with Crippen LogP contribution in [0.25, 0.3) is 11.0 Å². The molecule has 0 amide bonds. The lowest BCUT2D eigenvalue weighted by molar-refractivity contribution is 0.868. The molecule has 1 heterocycles. The van der Waals surface area contributed by atoms with Crippen LogP contribution in [-0.4, -0.2) is 9.97 Å². The van der Waals surface area contributed by atoms with Crippen molar-refractivity contribution in [3.63, 3.8) is 0 Å². The first-order valence-corrected chi connectivity index (χ1v) is 5.19. The second kappa shape index (κ2) is 3.45. The molecule has 0 spiro atoms. The van der Waals surface area contributed by atoms with Crippen molar-refractivity contribution >= 4 is 11.0 Å². The Kier molecular flexibility index (Phi) is 2.28. The molecule has 0 radical (unpaired) electrons. The molecule has 0 saturated carbocycles. The largest absolute Gasteiger partial charge is 0.342 e. The summed E-state index contributed by atoms with van der Waals surface area (Å²) in [6.07, 6.45) is 0.964. The van der Waals surface area contributed by atoms with E-state index in [1.165, 1.54) is 5.56 Å². The van der Waals surface area contributed by atoms with Crippen molar-refractivity contribution in [3.05, 3.63) is 29.6 Å². The minimum absolute atomic E-state index is 0.577. The molecule has 2 heteroatoms. The van der Waals surface area contributed by atoms with Crippen molar-refractivity contribution in [1.82, 2.24) is 9.97 Å². The highest BCUT2D eigenvalue weighted by Crippen LogP contribution is 2.19. The first-order valence-electron chi connectivity index (χ1n) is 5.19. The highest BCUT2D eigenvalue weighted by molar-refractivity contribution is 5.76. The molecular formula is C12H16N2. The molecule has 0 atom stereocenters. The summed E-state index contributed by atoms with van der Waals surface area (Å²) in [7, 11) is 0. The van der Waals surface area contributed by atoms with Crippen LogP contribution in [0, 0.1) is 0 Å². The van der Waals surface area contributed by atoms with E-state index >= 15 is 0 Å². The quantitative estimate of drug-likeness (QED) is 0.770. The highest BCUT2D eigenvalue weighted by atomic mass is 14.9. The smallest absolute Gasteiger partial charge is 0.106 e. The average molecular weight is 188 g/mol. The molecule has 0 aliphatic rings. The molecule has 0 aliphatic carbocycles. The number of aryl methyl sites for hydroxylation is 1. The average Bonchev–Trinajstić information content (AvgIpc) is 2.58. The van der Waals surface area contributed by atoms with Crippen molar-refractivity contribution in [2.75, 3.05) is 0 Å². The van der Waals surface area contributed by atoms with Gasteiger partial charge in [-0.2, -0.15) is 0 Å². The predicted octanol–water partition coefficient (Wildman–Crippen LogP) is 3.25. The SMILES string of the molecule is CCc1nc2ccc(C(C)C)cc2[nH]1. The third kappa shape index (κ3) is 1.52. The molecule has 0 unspecified atom stereocenters. The molecule has 1 aromatic heterocycles. The molecule has 1 aromatic carbocycles. The molecule has 0 saturated heterocycles. The Labute approximate surface area is 84.4 Å². The monoisotopic (exact) mass is 188 g/mol. The van der Waals surface area contributed by atoms with Gasteiger partial charge < -0.3 is 4.98 Å². The second-order valence-electron chi connectivity index (χ2n) is 3.97. The summed E-state index contributed by atoms with van der Waals surface area (Å²) in [6, 6.07) is 6.46. The molecule has 0 aliphatic heterocycles. The lowest BCUT2D eigenvalue weighted by Gasteiger charge is -2.03. The van der Waals surface area contributed by atoms with Crippen LogP contribution in [0.2, 0.25) is 0 Å². The Bertz CT molecular complexity index is 441. The van der Waals surface area contributed by atoms with Crippen LogP contribution >= 0.6 is 0 Å². The van der Waals surface area contributed by atoms with E-state index in [4.69, 9.17) is 0 Å². The molecule has 0 bridgehead atoms. The minimum Gasteiger partial charge on any atom is -0.342 e. The topological polar surface area (TPSA) is 28.7 Å². The van der Waals surface area contributed by atoms with Gasteiger partial charge in [0, 0.05) is 6.42 Å². The van der Waals surface area contributed by atoms with Gasteiger partial charge in [0.25, 0.3) is 0 Å². The fourth-order valence-electron chi connectivity index (χ4n) is 1.61. The van der Waals surface area contributed by atoms with E-state index < -0.39 is 0 Å². The maximum Gasteiger partial charge on any atom is 0.106 e. The standard InChI is InChI=1S/C12H16N2/c1-4-12-13-10-6-5-9(8(2)3)7-11(10)14-12/h5-8H,4H2,1-3H3,(H,13,14). The number of fused-ring (bicyclic) bond motifs is 1. The number of imidazole rings is 1. The number of hydrogen-bond acceptors (Lipinski definition) is 1. The van der Waals surface area contributed by atoms with Gasteiger partial charge in [-0.3, -0.25) is 0 Å². The highest BCUT2D eigenvalue weighted by Gasteiger charge is 2.04. The van der Waals surface area contributed by atoms with Crippen LogP contribution in [0.4, 0.5) is 0 Å². The van der Waals surface area contributed by atoms with E-state index in [9.17, 15) is 0 Å². The number of hydrogen-bond donors (Lipinski definition) is 1. The summed E-state index contributed by atoms with van der Waals surface area (Å²) < 4.78 is 0. The van der Waals surface area contributed by atoms with Gasteiger partial charge in [0.05, 0.1) is 11.0 Å².